The van der Waals surface area contributed by atoms with Crippen LogP contribution in [0.5, 0.6) is 5.75 Å². The molecule has 74 valence electrons. The van der Waals surface area contributed by atoms with Gasteiger partial charge in [-0.15, -0.1) is 0 Å². The van der Waals surface area contributed by atoms with Gasteiger partial charge < -0.3 is 4.74 Å². The molecule has 0 amide bonds. The highest BCUT2D eigenvalue weighted by atomic mass is 35.5. The molecule has 0 bridgehead atoms. The van der Waals surface area contributed by atoms with Crippen molar-refractivity contribution in [1.29, 1.82) is 5.26 Å². The average molecular weight is 219 g/mol. The number of hydrogen-bond acceptors (Lipinski definition) is 3. The Morgan fingerprint density at radius 3 is 2.80 bits per heavy atom. The molecular formula is C11H7ClN2O. The second kappa shape index (κ2) is 3.76. The summed E-state index contributed by atoms with van der Waals surface area (Å²) in [4.78, 5) is 3.96. The summed E-state index contributed by atoms with van der Waals surface area (Å²) in [6.45, 7) is 0. The van der Waals surface area contributed by atoms with Crippen LogP contribution in [0.15, 0.2) is 24.5 Å². The van der Waals surface area contributed by atoms with Gasteiger partial charge in [0.2, 0.25) is 0 Å². The fraction of sp³-hybridized carbons (Fsp3) is 0.0909. The van der Waals surface area contributed by atoms with Gasteiger partial charge in [-0.2, -0.15) is 5.26 Å². The summed E-state index contributed by atoms with van der Waals surface area (Å²) >= 11 is 6.10. The standard InChI is InChI=1S/C11H7ClN2O/c1-15-10-3-2-8-7(4-13)5-14-6-9(8)11(10)12/h2-3,5-6H,1H3. The summed E-state index contributed by atoms with van der Waals surface area (Å²) in [7, 11) is 1.55. The third-order valence-electron chi connectivity index (χ3n) is 2.18. The van der Waals surface area contributed by atoms with Crippen molar-refractivity contribution in [2.45, 2.75) is 0 Å². The maximum atomic E-state index is 8.89. The van der Waals surface area contributed by atoms with Gasteiger partial charge in [0.25, 0.3) is 0 Å². The summed E-state index contributed by atoms with van der Waals surface area (Å²) in [6.07, 6.45) is 3.15. The van der Waals surface area contributed by atoms with Crippen molar-refractivity contribution in [3.8, 4) is 11.8 Å². The normalized spacial score (nSPS) is 9.93. The maximum absolute atomic E-state index is 8.89. The number of fused-ring (bicyclic) bond motifs is 1. The minimum Gasteiger partial charge on any atom is -0.495 e. The molecule has 1 aromatic carbocycles. The van der Waals surface area contributed by atoms with Crippen molar-refractivity contribution < 1.29 is 4.74 Å². The molecule has 0 saturated heterocycles. The van der Waals surface area contributed by atoms with Crippen LogP contribution in [-0.2, 0) is 0 Å². The topological polar surface area (TPSA) is 45.9 Å². The van der Waals surface area contributed by atoms with E-state index in [4.69, 9.17) is 21.6 Å². The van der Waals surface area contributed by atoms with E-state index in [-0.39, 0.29) is 0 Å². The molecule has 15 heavy (non-hydrogen) atoms. The largest absolute Gasteiger partial charge is 0.495 e. The Kier molecular flexibility index (Phi) is 2.44. The second-order valence-corrected chi connectivity index (χ2v) is 3.35. The van der Waals surface area contributed by atoms with E-state index in [1.807, 2.05) is 0 Å². The monoisotopic (exact) mass is 218 g/mol. The molecule has 3 nitrogen and oxygen atoms in total. The molecule has 2 rings (SSSR count). The minimum atomic E-state index is 0.486. The number of pyridine rings is 1. The number of nitriles is 1. The second-order valence-electron chi connectivity index (χ2n) is 2.98. The lowest BCUT2D eigenvalue weighted by atomic mass is 10.1. The Morgan fingerprint density at radius 2 is 2.13 bits per heavy atom. The lowest BCUT2D eigenvalue weighted by Crippen LogP contribution is -1.88. The Hall–Kier alpha value is -1.79. The maximum Gasteiger partial charge on any atom is 0.138 e. The highest BCUT2D eigenvalue weighted by Crippen LogP contribution is 2.33. The van der Waals surface area contributed by atoms with Crippen LogP contribution in [-0.4, -0.2) is 12.1 Å². The van der Waals surface area contributed by atoms with E-state index in [9.17, 15) is 0 Å². The molecule has 1 aromatic heterocycles. The van der Waals surface area contributed by atoms with Gasteiger partial charge in [0.05, 0.1) is 17.7 Å². The highest BCUT2D eigenvalue weighted by Gasteiger charge is 2.08. The zero-order chi connectivity index (χ0) is 10.8. The van der Waals surface area contributed by atoms with Crippen LogP contribution < -0.4 is 4.74 Å². The zero-order valence-electron chi connectivity index (χ0n) is 7.99. The first kappa shape index (κ1) is 9.75. The molecular weight excluding hydrogens is 212 g/mol. The van der Waals surface area contributed by atoms with Gasteiger partial charge in [-0.1, -0.05) is 11.6 Å². The Labute approximate surface area is 91.9 Å². The number of rotatable bonds is 1. The Morgan fingerprint density at radius 1 is 1.33 bits per heavy atom. The van der Waals surface area contributed by atoms with Gasteiger partial charge in [-0.05, 0) is 12.1 Å². The van der Waals surface area contributed by atoms with E-state index in [0.29, 0.717) is 16.3 Å². The van der Waals surface area contributed by atoms with Crippen LogP contribution in [0.25, 0.3) is 10.8 Å². The number of ether oxygens (including phenoxy) is 1. The Balaban J connectivity index is 2.86. The number of hydrogen-bond donors (Lipinski definition) is 0. The third kappa shape index (κ3) is 1.49. The van der Waals surface area contributed by atoms with E-state index < -0.39 is 0 Å². The van der Waals surface area contributed by atoms with Crippen LogP contribution in [0.1, 0.15) is 5.56 Å². The molecule has 0 atom stereocenters. The van der Waals surface area contributed by atoms with Gasteiger partial charge in [-0.25, -0.2) is 0 Å². The van der Waals surface area contributed by atoms with Crippen LogP contribution in [0, 0.1) is 11.3 Å². The fourth-order valence-corrected chi connectivity index (χ4v) is 1.73. The molecule has 0 N–H and O–H groups in total. The smallest absolute Gasteiger partial charge is 0.138 e. The summed E-state index contributed by atoms with van der Waals surface area (Å²) in [5.74, 6) is 0.584. The van der Waals surface area contributed by atoms with Crippen molar-refractivity contribution in [3.63, 3.8) is 0 Å². The predicted octanol–water partition coefficient (Wildman–Crippen LogP) is 2.77. The number of nitrogens with zero attached hydrogens (tertiary/aromatic N) is 2. The zero-order valence-corrected chi connectivity index (χ0v) is 8.75. The van der Waals surface area contributed by atoms with E-state index in [1.54, 1.807) is 25.4 Å². The number of halogens is 1. The van der Waals surface area contributed by atoms with E-state index >= 15 is 0 Å². The predicted molar refractivity (Wildman–Crippen MR) is 58.0 cm³/mol. The van der Waals surface area contributed by atoms with E-state index in [0.717, 1.165) is 10.8 Å². The van der Waals surface area contributed by atoms with Gasteiger partial charge in [0.1, 0.15) is 11.8 Å². The molecule has 2 aromatic rings. The molecule has 4 heteroatoms. The van der Waals surface area contributed by atoms with Crippen molar-refractivity contribution in [3.05, 3.63) is 35.1 Å². The van der Waals surface area contributed by atoms with Gasteiger partial charge >= 0.3 is 0 Å². The lowest BCUT2D eigenvalue weighted by Gasteiger charge is -2.06. The van der Waals surface area contributed by atoms with Gasteiger partial charge in [0, 0.05) is 23.2 Å². The first-order valence-electron chi connectivity index (χ1n) is 4.28. The van der Waals surface area contributed by atoms with E-state index in [2.05, 4.69) is 11.1 Å². The molecule has 0 fully saturated rings. The first-order valence-corrected chi connectivity index (χ1v) is 4.66. The van der Waals surface area contributed by atoms with Crippen LogP contribution in [0.4, 0.5) is 0 Å². The quantitative estimate of drug-likeness (QED) is 0.740. The molecule has 0 saturated carbocycles. The van der Waals surface area contributed by atoms with Crippen molar-refractivity contribution in [2.75, 3.05) is 7.11 Å². The molecule has 0 radical (unpaired) electrons. The van der Waals surface area contributed by atoms with Crippen LogP contribution in [0.2, 0.25) is 5.02 Å². The molecule has 0 spiro atoms. The number of methoxy groups -OCH3 is 1. The van der Waals surface area contributed by atoms with Gasteiger partial charge in [-0.3, -0.25) is 4.98 Å². The summed E-state index contributed by atoms with van der Waals surface area (Å²) in [6, 6.07) is 5.62. The fourth-order valence-electron chi connectivity index (χ4n) is 1.44. The van der Waals surface area contributed by atoms with Crippen molar-refractivity contribution in [2.24, 2.45) is 0 Å². The molecule has 0 unspecified atom stereocenters. The molecule has 0 aliphatic carbocycles. The van der Waals surface area contributed by atoms with Crippen molar-refractivity contribution >= 4 is 22.4 Å². The van der Waals surface area contributed by atoms with Crippen molar-refractivity contribution in [1.82, 2.24) is 4.98 Å². The number of aromatic nitrogens is 1. The molecule has 0 aliphatic heterocycles. The Bertz CT molecular complexity index is 560. The van der Waals surface area contributed by atoms with E-state index in [1.165, 1.54) is 6.20 Å². The highest BCUT2D eigenvalue weighted by molar-refractivity contribution is 6.37. The van der Waals surface area contributed by atoms with Crippen LogP contribution >= 0.6 is 11.6 Å². The van der Waals surface area contributed by atoms with Crippen LogP contribution in [0.3, 0.4) is 0 Å². The summed E-state index contributed by atoms with van der Waals surface area (Å²) < 4.78 is 5.08. The lowest BCUT2D eigenvalue weighted by molar-refractivity contribution is 0.415. The number of benzene rings is 1. The summed E-state index contributed by atoms with van der Waals surface area (Å²) in [5.41, 5.74) is 0.511. The summed E-state index contributed by atoms with van der Waals surface area (Å²) in [5, 5.41) is 10.9. The minimum absolute atomic E-state index is 0.486. The SMILES string of the molecule is COc1ccc2c(C#N)cncc2c1Cl. The third-order valence-corrected chi connectivity index (χ3v) is 2.57. The average Bonchev–Trinajstić information content (AvgIpc) is 2.29. The van der Waals surface area contributed by atoms with Gasteiger partial charge in [0.15, 0.2) is 0 Å². The first-order chi connectivity index (χ1) is 7.27. The molecule has 1 heterocycles. The molecule has 0 aliphatic rings.